The minimum absolute atomic E-state index is 0.0858. The SMILES string of the molecule is [2H]C([2H])([2H])C(OC(=O)CCCCCC(=O)c1ccc(CN)cc1)(C([2H])([2H])[2H])C([2H])([2H])[2H]. The highest BCUT2D eigenvalue weighted by Crippen LogP contribution is 2.13. The van der Waals surface area contributed by atoms with Crippen LogP contribution < -0.4 is 5.73 Å². The third kappa shape index (κ3) is 7.36. The number of carbonyl (C=O) groups is 2. The van der Waals surface area contributed by atoms with E-state index in [4.69, 9.17) is 18.1 Å². The fourth-order valence-corrected chi connectivity index (χ4v) is 1.92. The summed E-state index contributed by atoms with van der Waals surface area (Å²) in [5.74, 6) is -1.32. The summed E-state index contributed by atoms with van der Waals surface area (Å²) in [6.07, 6.45) is 0.874. The number of benzene rings is 1. The van der Waals surface area contributed by atoms with Crippen LogP contribution in [0.5, 0.6) is 0 Å². The molecule has 2 N–H and O–H groups in total. The van der Waals surface area contributed by atoms with Gasteiger partial charge >= 0.3 is 5.97 Å². The van der Waals surface area contributed by atoms with Crippen molar-refractivity contribution in [3.63, 3.8) is 0 Å². The third-order valence-corrected chi connectivity index (χ3v) is 3.06. The zero-order chi connectivity index (χ0) is 24.1. The minimum atomic E-state index is -3.62. The van der Waals surface area contributed by atoms with Crippen LogP contribution in [0.3, 0.4) is 0 Å². The maximum Gasteiger partial charge on any atom is 0.306 e. The molecule has 4 heteroatoms. The second-order valence-corrected chi connectivity index (χ2v) is 5.04. The number of ketones is 1. The number of hydrogen-bond donors (Lipinski definition) is 1. The summed E-state index contributed by atoms with van der Waals surface area (Å²) in [5.41, 5.74) is 3.33. The fraction of sp³-hybridized carbons (Fsp3) is 0.556. The molecule has 0 aliphatic heterocycles. The molecule has 122 valence electrons. The van der Waals surface area contributed by atoms with Crippen LogP contribution in [0.1, 0.15) is 80.9 Å². The number of rotatable bonds is 8. The highest BCUT2D eigenvalue weighted by molar-refractivity contribution is 5.96. The monoisotopic (exact) mass is 314 g/mol. The lowest BCUT2D eigenvalue weighted by Crippen LogP contribution is -2.23. The fourth-order valence-electron chi connectivity index (χ4n) is 1.92. The van der Waals surface area contributed by atoms with Crippen molar-refractivity contribution in [2.75, 3.05) is 0 Å². The molecule has 0 atom stereocenters. The topological polar surface area (TPSA) is 69.4 Å². The van der Waals surface area contributed by atoms with Gasteiger partial charge in [-0.1, -0.05) is 30.7 Å². The molecule has 0 saturated carbocycles. The first-order valence-corrected chi connectivity index (χ1v) is 7.11. The molecule has 0 aromatic heterocycles. The number of hydrogen-bond acceptors (Lipinski definition) is 4. The van der Waals surface area contributed by atoms with E-state index in [2.05, 4.69) is 4.74 Å². The molecular formula is C18H27NO3. The van der Waals surface area contributed by atoms with Crippen molar-refractivity contribution >= 4 is 11.8 Å². The number of esters is 1. The molecule has 0 radical (unpaired) electrons. The van der Waals surface area contributed by atoms with E-state index in [9.17, 15) is 9.59 Å². The first kappa shape index (κ1) is 8.82. The van der Waals surface area contributed by atoms with Crippen molar-refractivity contribution in [1.29, 1.82) is 0 Å². The second-order valence-electron chi connectivity index (χ2n) is 5.04. The molecule has 0 aliphatic carbocycles. The Balaban J connectivity index is 2.63. The van der Waals surface area contributed by atoms with Gasteiger partial charge in [-0.25, -0.2) is 0 Å². The maximum atomic E-state index is 12.1. The van der Waals surface area contributed by atoms with Gasteiger partial charge in [0.2, 0.25) is 0 Å². The van der Waals surface area contributed by atoms with Crippen LogP contribution in [0.4, 0.5) is 0 Å². The maximum absolute atomic E-state index is 12.1. The first-order valence-electron chi connectivity index (χ1n) is 11.6. The van der Waals surface area contributed by atoms with Crippen LogP contribution in [0.25, 0.3) is 0 Å². The van der Waals surface area contributed by atoms with Crippen molar-refractivity contribution in [3.8, 4) is 0 Å². The molecule has 4 nitrogen and oxygen atoms in total. The lowest BCUT2D eigenvalue weighted by Gasteiger charge is -2.19. The predicted octanol–water partition coefficient (Wildman–Crippen LogP) is 3.62. The molecule has 0 unspecified atom stereocenters. The predicted molar refractivity (Wildman–Crippen MR) is 87.6 cm³/mol. The summed E-state index contributed by atoms with van der Waals surface area (Å²) in [4.78, 5) is 24.3. The van der Waals surface area contributed by atoms with Crippen molar-refractivity contribution in [2.45, 2.75) is 64.8 Å². The van der Waals surface area contributed by atoms with E-state index < -0.39 is 32.1 Å². The van der Waals surface area contributed by atoms with Gasteiger partial charge in [0.1, 0.15) is 5.60 Å². The van der Waals surface area contributed by atoms with Crippen LogP contribution in [0.15, 0.2) is 24.3 Å². The first-order chi connectivity index (χ1) is 14.1. The van der Waals surface area contributed by atoms with Gasteiger partial charge in [-0.3, -0.25) is 9.59 Å². The van der Waals surface area contributed by atoms with E-state index in [1.807, 2.05) is 0 Å². The van der Waals surface area contributed by atoms with Gasteiger partial charge in [-0.15, -0.1) is 0 Å². The summed E-state index contributed by atoms with van der Waals surface area (Å²) < 4.78 is 71.5. The molecule has 22 heavy (non-hydrogen) atoms. The van der Waals surface area contributed by atoms with Crippen LogP contribution in [0, 0.1) is 0 Å². The normalized spacial score (nSPS) is 19.0. The van der Waals surface area contributed by atoms with E-state index in [0.29, 0.717) is 24.9 Å². The van der Waals surface area contributed by atoms with E-state index in [1.54, 1.807) is 24.3 Å². The molecule has 0 heterocycles. The Morgan fingerprint density at radius 2 is 1.73 bits per heavy atom. The molecular weight excluding hydrogens is 278 g/mol. The number of ether oxygens (including phenoxy) is 1. The molecule has 0 fully saturated rings. The molecule has 0 spiro atoms. The number of unbranched alkanes of at least 4 members (excludes halogenated alkanes) is 2. The standard InChI is InChI=1S/C18H27NO3/c1-18(2,3)22-17(21)8-6-4-5-7-16(20)15-11-9-14(13-19)10-12-15/h9-12H,4-8,13,19H2,1-3H3/i1D3,2D3,3D3. The average Bonchev–Trinajstić information content (AvgIpc) is 2.62. The van der Waals surface area contributed by atoms with Gasteiger partial charge < -0.3 is 10.5 Å². The van der Waals surface area contributed by atoms with E-state index >= 15 is 0 Å². The largest absolute Gasteiger partial charge is 0.460 e. The zero-order valence-electron chi connectivity index (χ0n) is 21.4. The summed E-state index contributed by atoms with van der Waals surface area (Å²) in [6.45, 7) is -10.4. The van der Waals surface area contributed by atoms with Crippen molar-refractivity contribution < 1.29 is 26.7 Å². The van der Waals surface area contributed by atoms with Gasteiger partial charge in [0.25, 0.3) is 0 Å². The highest BCUT2D eigenvalue weighted by atomic mass is 16.6. The number of nitrogens with two attached hydrogens (primary N) is 1. The Bertz CT molecular complexity index is 716. The van der Waals surface area contributed by atoms with Crippen molar-refractivity contribution in [1.82, 2.24) is 0 Å². The Morgan fingerprint density at radius 3 is 2.32 bits per heavy atom. The third-order valence-electron chi connectivity index (χ3n) is 3.06. The molecule has 1 rings (SSSR count). The van der Waals surface area contributed by atoms with Crippen LogP contribution in [-0.4, -0.2) is 17.4 Å². The van der Waals surface area contributed by atoms with Crippen molar-refractivity contribution in [2.24, 2.45) is 5.73 Å². The van der Waals surface area contributed by atoms with Gasteiger partial charge in [0.15, 0.2) is 5.78 Å². The quantitative estimate of drug-likeness (QED) is 0.452. The van der Waals surface area contributed by atoms with Crippen molar-refractivity contribution in [3.05, 3.63) is 35.4 Å². The lowest BCUT2D eigenvalue weighted by molar-refractivity contribution is -0.154. The molecule has 0 saturated heterocycles. The lowest BCUT2D eigenvalue weighted by atomic mass is 10.0. The Hall–Kier alpha value is -1.68. The average molecular weight is 314 g/mol. The van der Waals surface area contributed by atoms with Gasteiger partial charge in [-0.2, -0.15) is 0 Å². The van der Waals surface area contributed by atoms with Gasteiger partial charge in [0.05, 0.1) is 0 Å². The molecule has 0 aliphatic rings. The summed E-state index contributed by atoms with van der Waals surface area (Å²) in [5, 5.41) is 0. The zero-order valence-corrected chi connectivity index (χ0v) is 12.4. The highest BCUT2D eigenvalue weighted by Gasteiger charge is 2.15. The number of carbonyl (C=O) groups excluding carboxylic acids is 2. The van der Waals surface area contributed by atoms with E-state index in [-0.39, 0.29) is 25.0 Å². The van der Waals surface area contributed by atoms with Gasteiger partial charge in [-0.05, 0) is 39.0 Å². The summed E-state index contributed by atoms with van der Waals surface area (Å²) >= 11 is 0. The Labute approximate surface area is 145 Å². The summed E-state index contributed by atoms with van der Waals surface area (Å²) in [7, 11) is 0. The molecule has 1 aromatic rings. The summed E-state index contributed by atoms with van der Waals surface area (Å²) in [6, 6.07) is 6.88. The molecule has 0 bridgehead atoms. The second kappa shape index (κ2) is 8.69. The Kier molecular flexibility index (Phi) is 3.48. The van der Waals surface area contributed by atoms with E-state index in [1.165, 1.54) is 0 Å². The smallest absolute Gasteiger partial charge is 0.306 e. The molecule has 0 amide bonds. The van der Waals surface area contributed by atoms with Crippen LogP contribution in [0.2, 0.25) is 0 Å². The minimum Gasteiger partial charge on any atom is -0.460 e. The van der Waals surface area contributed by atoms with E-state index in [0.717, 1.165) is 5.56 Å². The Morgan fingerprint density at radius 1 is 1.09 bits per heavy atom. The van der Waals surface area contributed by atoms with Crippen LogP contribution >= 0.6 is 0 Å². The van der Waals surface area contributed by atoms with Crippen LogP contribution in [-0.2, 0) is 16.1 Å². The molecule has 1 aromatic carbocycles. The number of Topliss-reactive ketones (excluding diaryl/α,β-unsaturated/α-hetero) is 1. The van der Waals surface area contributed by atoms with Gasteiger partial charge in [0, 0.05) is 37.3 Å².